The Balaban J connectivity index is 1.28. The van der Waals surface area contributed by atoms with E-state index in [9.17, 15) is 0 Å². The second-order valence-electron chi connectivity index (χ2n) is 5.16. The molecule has 24 heavy (non-hydrogen) atoms. The second kappa shape index (κ2) is 7.32. The van der Waals surface area contributed by atoms with Crippen molar-refractivity contribution >= 4 is 28.2 Å². The minimum atomic E-state index is 0.281. The molecular formula is C14H15N5O3S2. The number of nitrogens with zero attached hydrogens (tertiary/aromatic N) is 4. The quantitative estimate of drug-likeness (QED) is 0.633. The summed E-state index contributed by atoms with van der Waals surface area (Å²) in [5, 5.41) is 20.3. The van der Waals surface area contributed by atoms with Crippen LogP contribution in [-0.4, -0.2) is 39.7 Å². The van der Waals surface area contributed by atoms with Crippen LogP contribution >= 0.6 is 23.1 Å². The average molecular weight is 365 g/mol. The van der Waals surface area contributed by atoms with E-state index in [4.69, 9.17) is 13.6 Å². The van der Waals surface area contributed by atoms with E-state index in [1.165, 1.54) is 23.1 Å². The average Bonchev–Trinajstić information content (AvgIpc) is 3.40. The van der Waals surface area contributed by atoms with Crippen LogP contribution in [0.4, 0.5) is 5.13 Å². The van der Waals surface area contributed by atoms with Gasteiger partial charge in [0.25, 0.3) is 5.89 Å². The van der Waals surface area contributed by atoms with E-state index >= 15 is 0 Å². The summed E-state index contributed by atoms with van der Waals surface area (Å²) < 4.78 is 17.2. The second-order valence-corrected chi connectivity index (χ2v) is 7.36. The van der Waals surface area contributed by atoms with E-state index < -0.39 is 0 Å². The highest BCUT2D eigenvalue weighted by Gasteiger charge is 2.16. The van der Waals surface area contributed by atoms with Crippen molar-refractivity contribution in [2.75, 3.05) is 18.5 Å². The van der Waals surface area contributed by atoms with Crippen LogP contribution in [0.25, 0.3) is 11.7 Å². The lowest BCUT2D eigenvalue weighted by molar-refractivity contribution is 0.120. The Labute approximate surface area is 146 Å². The number of thioether (sulfide) groups is 1. The monoisotopic (exact) mass is 365 g/mol. The van der Waals surface area contributed by atoms with Gasteiger partial charge in [0.1, 0.15) is 0 Å². The molecule has 8 nitrogen and oxygen atoms in total. The highest BCUT2D eigenvalue weighted by Crippen LogP contribution is 2.29. The van der Waals surface area contributed by atoms with Crippen LogP contribution in [0.1, 0.15) is 18.7 Å². The maximum atomic E-state index is 5.57. The third-order valence-electron chi connectivity index (χ3n) is 3.43. The van der Waals surface area contributed by atoms with Crippen LogP contribution in [0.5, 0.6) is 0 Å². The molecule has 1 fully saturated rings. The molecule has 1 aliphatic rings. The van der Waals surface area contributed by atoms with Gasteiger partial charge in [0.2, 0.25) is 11.0 Å². The molecule has 4 heterocycles. The van der Waals surface area contributed by atoms with Crippen molar-refractivity contribution in [2.24, 2.45) is 0 Å². The van der Waals surface area contributed by atoms with Gasteiger partial charge in [0.05, 0.1) is 18.1 Å². The third kappa shape index (κ3) is 3.77. The van der Waals surface area contributed by atoms with Gasteiger partial charge in [0.15, 0.2) is 10.1 Å². The molecule has 126 valence electrons. The number of aromatic nitrogens is 4. The van der Waals surface area contributed by atoms with Crippen LogP contribution in [0.2, 0.25) is 0 Å². The number of anilines is 1. The molecule has 3 aromatic rings. The van der Waals surface area contributed by atoms with Crippen molar-refractivity contribution in [3.05, 3.63) is 24.3 Å². The van der Waals surface area contributed by atoms with E-state index in [-0.39, 0.29) is 6.10 Å². The Morgan fingerprint density at radius 2 is 2.29 bits per heavy atom. The normalized spacial score (nSPS) is 17.4. The molecule has 0 bridgehead atoms. The number of furan rings is 1. The largest absolute Gasteiger partial charge is 0.459 e. The Morgan fingerprint density at radius 3 is 3.12 bits per heavy atom. The molecule has 4 rings (SSSR count). The van der Waals surface area contributed by atoms with Gasteiger partial charge in [0, 0.05) is 13.2 Å². The predicted octanol–water partition coefficient (Wildman–Crippen LogP) is 3.06. The first kappa shape index (κ1) is 15.6. The summed E-state index contributed by atoms with van der Waals surface area (Å²) in [6, 6.07) is 3.56. The van der Waals surface area contributed by atoms with Crippen LogP contribution in [0.3, 0.4) is 0 Å². The van der Waals surface area contributed by atoms with Crippen LogP contribution in [0.15, 0.2) is 31.6 Å². The van der Waals surface area contributed by atoms with Crippen molar-refractivity contribution in [3.8, 4) is 11.7 Å². The van der Waals surface area contributed by atoms with E-state index in [2.05, 4.69) is 25.7 Å². The van der Waals surface area contributed by atoms with Gasteiger partial charge >= 0.3 is 0 Å². The zero-order valence-electron chi connectivity index (χ0n) is 12.7. The zero-order chi connectivity index (χ0) is 16.2. The summed E-state index contributed by atoms with van der Waals surface area (Å²) in [6.07, 6.45) is 4.08. The summed E-state index contributed by atoms with van der Waals surface area (Å²) in [4.78, 5) is 0. The smallest absolute Gasteiger partial charge is 0.283 e. The fourth-order valence-corrected chi connectivity index (χ4v) is 3.88. The van der Waals surface area contributed by atoms with E-state index in [0.717, 1.165) is 35.5 Å². The molecule has 1 aliphatic heterocycles. The summed E-state index contributed by atoms with van der Waals surface area (Å²) in [7, 11) is 0. The van der Waals surface area contributed by atoms with Crippen LogP contribution in [-0.2, 0) is 10.5 Å². The molecule has 1 atom stereocenters. The molecule has 10 heteroatoms. The Bertz CT molecular complexity index is 767. The minimum Gasteiger partial charge on any atom is -0.459 e. The molecule has 0 unspecified atom stereocenters. The van der Waals surface area contributed by atoms with Gasteiger partial charge in [-0.15, -0.1) is 20.4 Å². The first-order valence-corrected chi connectivity index (χ1v) is 9.35. The van der Waals surface area contributed by atoms with Gasteiger partial charge in [-0.2, -0.15) is 0 Å². The van der Waals surface area contributed by atoms with E-state index in [0.29, 0.717) is 23.3 Å². The van der Waals surface area contributed by atoms with Crippen LogP contribution < -0.4 is 5.32 Å². The Hall–Kier alpha value is -1.91. The highest BCUT2D eigenvalue weighted by atomic mass is 32.2. The fourth-order valence-electron chi connectivity index (χ4n) is 2.28. The first-order valence-electron chi connectivity index (χ1n) is 7.55. The minimum absolute atomic E-state index is 0.281. The van der Waals surface area contributed by atoms with Gasteiger partial charge in [-0.05, 0) is 25.0 Å². The Kier molecular flexibility index (Phi) is 4.76. The lowest BCUT2D eigenvalue weighted by Crippen LogP contribution is -2.18. The molecule has 0 saturated carbocycles. The van der Waals surface area contributed by atoms with E-state index in [1.807, 2.05) is 0 Å². The molecular weight excluding hydrogens is 350 g/mol. The summed E-state index contributed by atoms with van der Waals surface area (Å²) >= 11 is 3.02. The number of hydrogen-bond donors (Lipinski definition) is 1. The molecule has 0 spiro atoms. The maximum absolute atomic E-state index is 5.57. The molecule has 0 radical (unpaired) electrons. The predicted molar refractivity (Wildman–Crippen MR) is 88.9 cm³/mol. The number of nitrogens with one attached hydrogen (secondary N) is 1. The summed E-state index contributed by atoms with van der Waals surface area (Å²) in [6.45, 7) is 1.63. The first-order chi connectivity index (χ1) is 11.9. The van der Waals surface area contributed by atoms with Crippen LogP contribution in [0, 0.1) is 0 Å². The lowest BCUT2D eigenvalue weighted by atomic mass is 10.2. The lowest BCUT2D eigenvalue weighted by Gasteiger charge is -2.08. The van der Waals surface area contributed by atoms with Crippen molar-refractivity contribution < 1.29 is 13.6 Å². The molecule has 0 aliphatic carbocycles. The maximum Gasteiger partial charge on any atom is 0.283 e. The standard InChI is InChI=1S/C14H15N5O3S2/c1-3-9(20-5-1)7-15-13-18-19-14(24-13)23-8-11-16-17-12(22-11)10-4-2-6-21-10/h2,4,6,9H,1,3,5,7-8H2,(H,15,18)/t9-/m1/s1. The molecule has 1 saturated heterocycles. The number of ether oxygens (including phenoxy) is 1. The summed E-state index contributed by atoms with van der Waals surface area (Å²) in [5.74, 6) is 2.01. The molecule has 0 amide bonds. The SMILES string of the molecule is c1coc(-c2nnc(CSc3nnc(NC[C@H]4CCCO4)s3)o2)c1. The molecule has 1 N–H and O–H groups in total. The van der Waals surface area contributed by atoms with Gasteiger partial charge in [-0.3, -0.25) is 0 Å². The molecule has 3 aromatic heterocycles. The summed E-state index contributed by atoms with van der Waals surface area (Å²) in [5.41, 5.74) is 0. The van der Waals surface area contributed by atoms with Gasteiger partial charge < -0.3 is 18.9 Å². The topological polar surface area (TPSA) is 99.1 Å². The van der Waals surface area contributed by atoms with Crippen molar-refractivity contribution in [3.63, 3.8) is 0 Å². The number of hydrogen-bond acceptors (Lipinski definition) is 10. The fraction of sp³-hybridized carbons (Fsp3) is 0.429. The van der Waals surface area contributed by atoms with Gasteiger partial charge in [-0.1, -0.05) is 23.1 Å². The third-order valence-corrected chi connectivity index (χ3v) is 5.43. The van der Waals surface area contributed by atoms with Crippen molar-refractivity contribution in [1.82, 2.24) is 20.4 Å². The highest BCUT2D eigenvalue weighted by molar-refractivity contribution is 8.00. The van der Waals surface area contributed by atoms with Gasteiger partial charge in [-0.25, -0.2) is 0 Å². The zero-order valence-corrected chi connectivity index (χ0v) is 14.3. The van der Waals surface area contributed by atoms with Crippen molar-refractivity contribution in [2.45, 2.75) is 29.0 Å². The Morgan fingerprint density at radius 1 is 1.29 bits per heavy atom. The van der Waals surface area contributed by atoms with E-state index in [1.54, 1.807) is 18.4 Å². The van der Waals surface area contributed by atoms with Crippen molar-refractivity contribution in [1.29, 1.82) is 0 Å². The number of rotatable bonds is 7. The molecule has 0 aromatic carbocycles.